The molecule has 0 aliphatic heterocycles. The number of carbonyl (C=O) groups is 2. The number of non-ortho nitro benzene ring substituents is 1. The monoisotopic (exact) mass is 343 g/mol. The van der Waals surface area contributed by atoms with Gasteiger partial charge in [0.05, 0.1) is 18.6 Å². The van der Waals surface area contributed by atoms with Crippen molar-refractivity contribution in [1.29, 1.82) is 0 Å². The van der Waals surface area contributed by atoms with Gasteiger partial charge in [-0.2, -0.15) is 0 Å². The zero-order valence-electron chi connectivity index (χ0n) is 13.8. The fraction of sp³-hybridized carbons (Fsp3) is 0.176. The molecule has 0 unspecified atom stereocenters. The first-order valence-electron chi connectivity index (χ1n) is 7.34. The van der Waals surface area contributed by atoms with E-state index in [2.05, 4.69) is 5.32 Å². The molecule has 0 aliphatic carbocycles. The van der Waals surface area contributed by atoms with Gasteiger partial charge in [0.25, 0.3) is 11.6 Å². The Kier molecular flexibility index (Phi) is 5.67. The average Bonchev–Trinajstić information content (AvgIpc) is 2.61. The van der Waals surface area contributed by atoms with E-state index in [9.17, 15) is 19.7 Å². The summed E-state index contributed by atoms with van der Waals surface area (Å²) in [6.07, 6.45) is 0. The highest BCUT2D eigenvalue weighted by Crippen LogP contribution is 2.17. The molecular weight excluding hydrogens is 326 g/mol. The van der Waals surface area contributed by atoms with Crippen LogP contribution in [0, 0.1) is 10.1 Å². The molecule has 0 fully saturated rings. The zero-order valence-corrected chi connectivity index (χ0v) is 13.8. The topological polar surface area (TPSA) is 102 Å². The summed E-state index contributed by atoms with van der Waals surface area (Å²) < 4.78 is 5.08. The van der Waals surface area contributed by atoms with E-state index >= 15 is 0 Å². The first-order valence-corrected chi connectivity index (χ1v) is 7.34. The highest BCUT2D eigenvalue weighted by Gasteiger charge is 2.16. The van der Waals surface area contributed by atoms with Crippen LogP contribution in [0.15, 0.2) is 48.5 Å². The van der Waals surface area contributed by atoms with E-state index in [0.29, 0.717) is 11.4 Å². The van der Waals surface area contributed by atoms with Crippen LogP contribution in [-0.4, -0.2) is 42.3 Å². The van der Waals surface area contributed by atoms with Gasteiger partial charge in [-0.25, -0.2) is 0 Å². The molecule has 0 saturated carbocycles. The number of ether oxygens (including phenoxy) is 1. The summed E-state index contributed by atoms with van der Waals surface area (Å²) in [7, 11) is 3.01. The molecule has 0 saturated heterocycles. The summed E-state index contributed by atoms with van der Waals surface area (Å²) >= 11 is 0. The van der Waals surface area contributed by atoms with Gasteiger partial charge in [0.1, 0.15) is 5.75 Å². The van der Waals surface area contributed by atoms with Crippen molar-refractivity contribution in [3.8, 4) is 5.75 Å². The number of methoxy groups -OCH3 is 1. The lowest BCUT2D eigenvalue weighted by Crippen LogP contribution is -2.34. The van der Waals surface area contributed by atoms with Gasteiger partial charge >= 0.3 is 0 Å². The average molecular weight is 343 g/mol. The number of likely N-dealkylation sites (N-methyl/N-ethyl adjacent to an activating group) is 1. The number of rotatable bonds is 6. The van der Waals surface area contributed by atoms with Crippen molar-refractivity contribution >= 4 is 23.2 Å². The number of benzene rings is 2. The van der Waals surface area contributed by atoms with Crippen molar-refractivity contribution in [3.05, 3.63) is 64.2 Å². The lowest BCUT2D eigenvalue weighted by Gasteiger charge is -2.17. The molecule has 130 valence electrons. The van der Waals surface area contributed by atoms with Gasteiger partial charge in [0.15, 0.2) is 0 Å². The standard InChI is InChI=1S/C17H17N3O5/c1-19(17(22)12-6-8-14(9-7-12)20(23)24)11-16(21)18-13-4-3-5-15(10-13)25-2/h3-10H,11H2,1-2H3,(H,18,21). The Bertz CT molecular complexity index is 789. The number of anilines is 1. The van der Waals surface area contributed by atoms with Crippen LogP contribution in [-0.2, 0) is 4.79 Å². The molecule has 0 radical (unpaired) electrons. The molecule has 2 amide bonds. The molecule has 8 nitrogen and oxygen atoms in total. The molecule has 0 aliphatic rings. The predicted octanol–water partition coefficient (Wildman–Crippen LogP) is 2.31. The van der Waals surface area contributed by atoms with E-state index in [0.717, 1.165) is 0 Å². The molecule has 0 aromatic heterocycles. The molecule has 2 aromatic rings. The third-order valence-corrected chi connectivity index (χ3v) is 3.41. The second-order valence-electron chi connectivity index (χ2n) is 5.25. The first kappa shape index (κ1) is 17.9. The van der Waals surface area contributed by atoms with Crippen LogP contribution in [0.1, 0.15) is 10.4 Å². The molecule has 2 aromatic carbocycles. The minimum absolute atomic E-state index is 0.102. The largest absolute Gasteiger partial charge is 0.497 e. The maximum atomic E-state index is 12.3. The highest BCUT2D eigenvalue weighted by molar-refractivity contribution is 5.99. The summed E-state index contributed by atoms with van der Waals surface area (Å²) in [5.74, 6) is -0.171. The first-order chi connectivity index (χ1) is 11.9. The Morgan fingerprint density at radius 2 is 1.88 bits per heavy atom. The van der Waals surface area contributed by atoms with Gasteiger partial charge in [-0.1, -0.05) is 6.07 Å². The van der Waals surface area contributed by atoms with Gasteiger partial charge < -0.3 is 15.0 Å². The van der Waals surface area contributed by atoms with Crippen LogP contribution in [0.2, 0.25) is 0 Å². The molecule has 0 spiro atoms. The van der Waals surface area contributed by atoms with Crippen molar-refractivity contribution in [3.63, 3.8) is 0 Å². The van der Waals surface area contributed by atoms with Crippen LogP contribution in [0.3, 0.4) is 0 Å². The summed E-state index contributed by atoms with van der Waals surface area (Å²) in [6.45, 7) is -0.160. The maximum Gasteiger partial charge on any atom is 0.269 e. The summed E-state index contributed by atoms with van der Waals surface area (Å²) in [6, 6.07) is 12.1. The second-order valence-corrected chi connectivity index (χ2v) is 5.25. The fourth-order valence-corrected chi connectivity index (χ4v) is 2.13. The second kappa shape index (κ2) is 7.91. The van der Waals surface area contributed by atoms with Crippen molar-refractivity contribution in [2.24, 2.45) is 0 Å². The van der Waals surface area contributed by atoms with Crippen LogP contribution in [0.5, 0.6) is 5.75 Å². The number of nitro benzene ring substituents is 1. The van der Waals surface area contributed by atoms with E-state index in [1.807, 2.05) is 0 Å². The molecule has 0 atom stereocenters. The van der Waals surface area contributed by atoms with E-state index in [4.69, 9.17) is 4.74 Å². The van der Waals surface area contributed by atoms with E-state index in [1.165, 1.54) is 43.3 Å². The number of amides is 2. The SMILES string of the molecule is COc1cccc(NC(=O)CN(C)C(=O)c2ccc([N+](=O)[O-])cc2)c1. The van der Waals surface area contributed by atoms with Gasteiger partial charge in [-0.15, -0.1) is 0 Å². The minimum Gasteiger partial charge on any atom is -0.497 e. The Morgan fingerprint density at radius 3 is 2.48 bits per heavy atom. The summed E-state index contributed by atoms with van der Waals surface area (Å²) in [4.78, 5) is 35.7. The molecule has 1 N–H and O–H groups in total. The molecule has 0 heterocycles. The molecule has 0 bridgehead atoms. The van der Waals surface area contributed by atoms with Crippen molar-refractivity contribution in [2.45, 2.75) is 0 Å². The lowest BCUT2D eigenvalue weighted by molar-refractivity contribution is -0.384. The zero-order chi connectivity index (χ0) is 18.4. The van der Waals surface area contributed by atoms with Crippen LogP contribution in [0.4, 0.5) is 11.4 Å². The Labute approximate surface area is 144 Å². The fourth-order valence-electron chi connectivity index (χ4n) is 2.13. The normalized spacial score (nSPS) is 10.0. The Balaban J connectivity index is 1.97. The molecule has 8 heteroatoms. The Morgan fingerprint density at radius 1 is 1.20 bits per heavy atom. The Hall–Kier alpha value is -3.42. The predicted molar refractivity (Wildman–Crippen MR) is 91.7 cm³/mol. The molecular formula is C17H17N3O5. The van der Waals surface area contributed by atoms with E-state index < -0.39 is 10.8 Å². The number of carbonyl (C=O) groups excluding carboxylic acids is 2. The third kappa shape index (κ3) is 4.77. The number of hydrogen-bond acceptors (Lipinski definition) is 5. The summed E-state index contributed by atoms with van der Waals surface area (Å²) in [5.41, 5.74) is 0.720. The molecule has 2 rings (SSSR count). The van der Waals surface area contributed by atoms with Crippen molar-refractivity contribution in [1.82, 2.24) is 4.90 Å². The van der Waals surface area contributed by atoms with Crippen LogP contribution in [0.25, 0.3) is 0 Å². The smallest absolute Gasteiger partial charge is 0.269 e. The minimum atomic E-state index is -0.542. The van der Waals surface area contributed by atoms with E-state index in [-0.39, 0.29) is 23.7 Å². The molecule has 25 heavy (non-hydrogen) atoms. The van der Waals surface area contributed by atoms with E-state index in [1.54, 1.807) is 24.3 Å². The van der Waals surface area contributed by atoms with Gasteiger partial charge in [-0.05, 0) is 24.3 Å². The lowest BCUT2D eigenvalue weighted by atomic mass is 10.2. The van der Waals surface area contributed by atoms with Gasteiger partial charge in [0.2, 0.25) is 5.91 Å². The quantitative estimate of drug-likeness (QED) is 0.640. The van der Waals surface area contributed by atoms with Crippen molar-refractivity contribution < 1.29 is 19.2 Å². The third-order valence-electron chi connectivity index (χ3n) is 3.41. The number of nitrogens with one attached hydrogen (secondary N) is 1. The van der Waals surface area contributed by atoms with Crippen LogP contribution >= 0.6 is 0 Å². The van der Waals surface area contributed by atoms with Gasteiger partial charge in [0, 0.05) is 36.5 Å². The van der Waals surface area contributed by atoms with Crippen molar-refractivity contribution in [2.75, 3.05) is 26.0 Å². The maximum absolute atomic E-state index is 12.3. The van der Waals surface area contributed by atoms with Crippen LogP contribution < -0.4 is 10.1 Å². The summed E-state index contributed by atoms with van der Waals surface area (Å²) in [5, 5.41) is 13.3. The number of nitro groups is 1. The number of hydrogen-bond donors (Lipinski definition) is 1. The van der Waals surface area contributed by atoms with Gasteiger partial charge in [-0.3, -0.25) is 19.7 Å². The highest BCUT2D eigenvalue weighted by atomic mass is 16.6. The number of nitrogens with zero attached hydrogens (tertiary/aromatic N) is 2.